The highest BCUT2D eigenvalue weighted by Gasteiger charge is 2.20. The van der Waals surface area contributed by atoms with E-state index >= 15 is 0 Å². The van der Waals surface area contributed by atoms with Crippen LogP contribution in [0.5, 0.6) is 5.88 Å². The molecule has 0 saturated heterocycles. The van der Waals surface area contributed by atoms with E-state index in [0.717, 1.165) is 10.4 Å². The van der Waals surface area contributed by atoms with E-state index in [4.69, 9.17) is 9.47 Å². The predicted molar refractivity (Wildman–Crippen MR) is 65.4 cm³/mol. The maximum Gasteiger partial charge on any atom is 0.344 e. The minimum atomic E-state index is -0.446. The molecule has 0 radical (unpaired) electrons. The summed E-state index contributed by atoms with van der Waals surface area (Å²) in [5.74, 6) is -0.166. The largest absolute Gasteiger partial charge is 0.480 e. The van der Waals surface area contributed by atoms with E-state index in [1.165, 1.54) is 14.2 Å². The van der Waals surface area contributed by atoms with E-state index in [1.807, 2.05) is 17.5 Å². The predicted octanol–water partition coefficient (Wildman–Crippen LogP) is 2.61. The summed E-state index contributed by atoms with van der Waals surface area (Å²) in [7, 11) is 2.82. The Balaban J connectivity index is 2.63. The first kappa shape index (κ1) is 11.6. The molecule has 0 aliphatic carbocycles. The number of thiophene rings is 1. The molecule has 2 rings (SSSR count). The maximum absolute atomic E-state index is 11.8. The van der Waals surface area contributed by atoms with Gasteiger partial charge in [0.1, 0.15) is 5.56 Å². The number of hydrogen-bond acceptors (Lipinski definition) is 5. The van der Waals surface area contributed by atoms with Crippen molar-refractivity contribution in [1.82, 2.24) is 4.98 Å². The summed E-state index contributed by atoms with van der Waals surface area (Å²) >= 11 is 1.55. The average Bonchev–Trinajstić information content (AvgIpc) is 2.90. The molecule has 0 amide bonds. The van der Waals surface area contributed by atoms with Crippen LogP contribution >= 0.6 is 11.3 Å². The Morgan fingerprint density at radius 2 is 2.18 bits per heavy atom. The molecular formula is C12H11NO3S. The van der Waals surface area contributed by atoms with Crippen molar-refractivity contribution in [2.45, 2.75) is 0 Å². The maximum atomic E-state index is 11.8. The van der Waals surface area contributed by atoms with Crippen molar-refractivity contribution in [2.24, 2.45) is 0 Å². The third kappa shape index (κ3) is 2.14. The fourth-order valence-corrected chi connectivity index (χ4v) is 2.29. The van der Waals surface area contributed by atoms with Gasteiger partial charge in [0.2, 0.25) is 5.88 Å². The van der Waals surface area contributed by atoms with Crippen LogP contribution in [-0.4, -0.2) is 25.2 Å². The normalized spacial score (nSPS) is 10.0. The molecule has 0 aliphatic heterocycles. The zero-order valence-electron chi connectivity index (χ0n) is 9.47. The highest BCUT2D eigenvalue weighted by atomic mass is 32.1. The van der Waals surface area contributed by atoms with E-state index in [0.29, 0.717) is 5.56 Å². The van der Waals surface area contributed by atoms with E-state index < -0.39 is 5.97 Å². The van der Waals surface area contributed by atoms with Crippen molar-refractivity contribution in [1.29, 1.82) is 0 Å². The Labute approximate surface area is 103 Å². The number of aromatic nitrogens is 1. The third-order valence-corrected chi connectivity index (χ3v) is 3.19. The SMILES string of the molecule is COC(=O)c1c(-c2cccs2)ccnc1OC. The van der Waals surface area contributed by atoms with E-state index in [1.54, 1.807) is 23.6 Å². The van der Waals surface area contributed by atoms with Gasteiger partial charge in [0.25, 0.3) is 0 Å². The zero-order chi connectivity index (χ0) is 12.3. The molecule has 0 aromatic carbocycles. The number of esters is 1. The van der Waals surface area contributed by atoms with Crippen LogP contribution in [-0.2, 0) is 4.74 Å². The minimum Gasteiger partial charge on any atom is -0.480 e. The second kappa shape index (κ2) is 4.97. The molecule has 88 valence electrons. The summed E-state index contributed by atoms with van der Waals surface area (Å²) in [4.78, 5) is 16.8. The van der Waals surface area contributed by atoms with E-state index in [9.17, 15) is 4.79 Å². The molecule has 2 aromatic rings. The van der Waals surface area contributed by atoms with Crippen LogP contribution in [0.2, 0.25) is 0 Å². The molecule has 0 saturated carbocycles. The average molecular weight is 249 g/mol. The van der Waals surface area contributed by atoms with Gasteiger partial charge in [0, 0.05) is 16.6 Å². The van der Waals surface area contributed by atoms with Gasteiger partial charge in [-0.2, -0.15) is 0 Å². The smallest absolute Gasteiger partial charge is 0.344 e. The fourth-order valence-electron chi connectivity index (χ4n) is 1.53. The van der Waals surface area contributed by atoms with Gasteiger partial charge in [-0.3, -0.25) is 0 Å². The van der Waals surface area contributed by atoms with Crippen LogP contribution in [0.4, 0.5) is 0 Å². The summed E-state index contributed by atoms with van der Waals surface area (Å²) in [5.41, 5.74) is 1.14. The van der Waals surface area contributed by atoms with Gasteiger partial charge in [0.15, 0.2) is 0 Å². The molecule has 0 spiro atoms. The topological polar surface area (TPSA) is 48.4 Å². The lowest BCUT2D eigenvalue weighted by Gasteiger charge is -2.09. The minimum absolute atomic E-state index is 0.280. The van der Waals surface area contributed by atoms with Gasteiger partial charge < -0.3 is 9.47 Å². The monoisotopic (exact) mass is 249 g/mol. The lowest BCUT2D eigenvalue weighted by molar-refractivity contribution is 0.0597. The van der Waals surface area contributed by atoms with Gasteiger partial charge in [-0.15, -0.1) is 11.3 Å². The molecule has 0 N–H and O–H groups in total. The number of nitrogens with zero attached hydrogens (tertiary/aromatic N) is 1. The number of ether oxygens (including phenoxy) is 2. The van der Waals surface area contributed by atoms with Crippen molar-refractivity contribution < 1.29 is 14.3 Å². The highest BCUT2D eigenvalue weighted by molar-refractivity contribution is 7.13. The lowest BCUT2D eigenvalue weighted by Crippen LogP contribution is -2.07. The zero-order valence-corrected chi connectivity index (χ0v) is 10.3. The first-order valence-corrected chi connectivity index (χ1v) is 5.81. The van der Waals surface area contributed by atoms with E-state index in [-0.39, 0.29) is 5.88 Å². The number of carbonyl (C=O) groups is 1. The summed E-state index contributed by atoms with van der Waals surface area (Å²) in [6, 6.07) is 5.64. The van der Waals surface area contributed by atoms with E-state index in [2.05, 4.69) is 4.98 Å². The molecule has 17 heavy (non-hydrogen) atoms. The van der Waals surface area contributed by atoms with Crippen LogP contribution in [0.1, 0.15) is 10.4 Å². The number of hydrogen-bond donors (Lipinski definition) is 0. The molecule has 0 atom stereocenters. The first-order valence-electron chi connectivity index (χ1n) is 4.93. The summed E-state index contributed by atoms with van der Waals surface area (Å²) in [6.45, 7) is 0. The van der Waals surface area contributed by atoms with Gasteiger partial charge in [-0.25, -0.2) is 9.78 Å². The number of pyridine rings is 1. The standard InChI is InChI=1S/C12H11NO3S/c1-15-11-10(12(14)16-2)8(5-6-13-11)9-4-3-7-17-9/h3-7H,1-2H3. The molecule has 2 aromatic heterocycles. The first-order chi connectivity index (χ1) is 8.27. The van der Waals surface area contributed by atoms with Gasteiger partial charge >= 0.3 is 5.97 Å². The number of carbonyl (C=O) groups excluding carboxylic acids is 1. The molecule has 4 nitrogen and oxygen atoms in total. The third-order valence-electron chi connectivity index (χ3n) is 2.29. The number of rotatable bonds is 3. The Kier molecular flexibility index (Phi) is 3.39. The molecule has 2 heterocycles. The molecule has 0 unspecified atom stereocenters. The molecular weight excluding hydrogens is 238 g/mol. The van der Waals surface area contributed by atoms with Crippen LogP contribution < -0.4 is 4.74 Å². The van der Waals surface area contributed by atoms with Crippen molar-refractivity contribution in [3.63, 3.8) is 0 Å². The lowest BCUT2D eigenvalue weighted by atomic mass is 10.1. The Morgan fingerprint density at radius 1 is 1.35 bits per heavy atom. The van der Waals surface area contributed by atoms with Crippen molar-refractivity contribution in [2.75, 3.05) is 14.2 Å². The Morgan fingerprint density at radius 3 is 2.76 bits per heavy atom. The van der Waals surface area contributed by atoms with Crippen molar-refractivity contribution >= 4 is 17.3 Å². The van der Waals surface area contributed by atoms with Crippen molar-refractivity contribution in [3.8, 4) is 16.3 Å². The number of methoxy groups -OCH3 is 2. The molecule has 0 aliphatic rings. The molecule has 5 heteroatoms. The second-order valence-electron chi connectivity index (χ2n) is 3.21. The molecule has 0 bridgehead atoms. The Bertz CT molecular complexity index is 523. The summed E-state index contributed by atoms with van der Waals surface area (Å²) in [6.07, 6.45) is 1.61. The van der Waals surface area contributed by atoms with Crippen LogP contribution in [0.25, 0.3) is 10.4 Å². The van der Waals surface area contributed by atoms with Gasteiger partial charge in [-0.1, -0.05) is 6.07 Å². The second-order valence-corrected chi connectivity index (χ2v) is 4.16. The summed E-state index contributed by atoms with van der Waals surface area (Å²) < 4.78 is 9.86. The quantitative estimate of drug-likeness (QED) is 0.784. The fraction of sp³-hybridized carbons (Fsp3) is 0.167. The van der Waals surface area contributed by atoms with Crippen LogP contribution in [0.15, 0.2) is 29.8 Å². The van der Waals surface area contributed by atoms with Gasteiger partial charge in [0.05, 0.1) is 14.2 Å². The van der Waals surface area contributed by atoms with Crippen LogP contribution in [0.3, 0.4) is 0 Å². The van der Waals surface area contributed by atoms with Crippen molar-refractivity contribution in [3.05, 3.63) is 35.3 Å². The highest BCUT2D eigenvalue weighted by Crippen LogP contribution is 2.32. The summed E-state index contributed by atoms with van der Waals surface area (Å²) in [5, 5.41) is 1.95. The van der Waals surface area contributed by atoms with Crippen LogP contribution in [0, 0.1) is 0 Å². The van der Waals surface area contributed by atoms with Gasteiger partial charge in [-0.05, 0) is 17.5 Å². The molecule has 0 fully saturated rings. The Hall–Kier alpha value is -1.88.